The topological polar surface area (TPSA) is 55.4 Å². The van der Waals surface area contributed by atoms with Crippen LogP contribution in [0.5, 0.6) is 0 Å². The molecule has 128 valence electrons. The lowest BCUT2D eigenvalue weighted by Gasteiger charge is -2.15. The van der Waals surface area contributed by atoms with Gasteiger partial charge in [-0.15, -0.1) is 0 Å². The van der Waals surface area contributed by atoms with Crippen molar-refractivity contribution >= 4 is 11.9 Å². The van der Waals surface area contributed by atoms with Crippen LogP contribution in [0.25, 0.3) is 0 Å². The average molecular weight is 343 g/mol. The van der Waals surface area contributed by atoms with Gasteiger partial charge in [-0.1, -0.05) is 0 Å². The number of nitrogens with one attached hydrogen (secondary N) is 1. The van der Waals surface area contributed by atoms with Crippen molar-refractivity contribution < 1.29 is 40.7 Å². The number of halogens is 6. The zero-order valence-corrected chi connectivity index (χ0v) is 11.8. The maximum absolute atomic E-state index is 12.7. The summed E-state index contributed by atoms with van der Waals surface area (Å²) in [5.74, 6) is -2.17. The lowest BCUT2D eigenvalue weighted by molar-refractivity contribution is -0.144. The van der Waals surface area contributed by atoms with Crippen molar-refractivity contribution in [3.8, 4) is 0 Å². The van der Waals surface area contributed by atoms with Gasteiger partial charge in [-0.05, 0) is 25.1 Å². The summed E-state index contributed by atoms with van der Waals surface area (Å²) in [6.45, 7) is 1.17. The van der Waals surface area contributed by atoms with Crippen molar-refractivity contribution in [3.63, 3.8) is 0 Å². The zero-order chi connectivity index (χ0) is 18.0. The summed E-state index contributed by atoms with van der Waals surface area (Å²) in [4.78, 5) is 22.9. The van der Waals surface area contributed by atoms with E-state index in [1.165, 1.54) is 6.92 Å². The van der Waals surface area contributed by atoms with Crippen LogP contribution in [0.3, 0.4) is 0 Å². The maximum Gasteiger partial charge on any atom is 0.416 e. The summed E-state index contributed by atoms with van der Waals surface area (Å²) in [6, 6.07) is -0.791. The SMILES string of the molecule is COC(=O)[C@H](C)NC(=O)c1cc(C(F)(F)F)cc(C(F)(F)F)c1. The summed E-state index contributed by atoms with van der Waals surface area (Å²) in [5, 5.41) is 1.96. The largest absolute Gasteiger partial charge is 0.467 e. The molecule has 0 aliphatic heterocycles. The van der Waals surface area contributed by atoms with Gasteiger partial charge in [-0.2, -0.15) is 26.3 Å². The molecule has 1 rings (SSSR count). The zero-order valence-electron chi connectivity index (χ0n) is 11.8. The second kappa shape index (κ2) is 6.47. The summed E-state index contributed by atoms with van der Waals surface area (Å²) < 4.78 is 80.3. The molecule has 1 atom stereocenters. The highest BCUT2D eigenvalue weighted by atomic mass is 19.4. The maximum atomic E-state index is 12.7. The number of methoxy groups -OCH3 is 1. The molecule has 0 unspecified atom stereocenters. The molecule has 4 nitrogen and oxygen atoms in total. The number of hydrogen-bond donors (Lipinski definition) is 1. The second-order valence-electron chi connectivity index (χ2n) is 4.51. The number of benzene rings is 1. The van der Waals surface area contributed by atoms with Gasteiger partial charge in [0.2, 0.25) is 0 Å². The van der Waals surface area contributed by atoms with Crippen LogP contribution < -0.4 is 5.32 Å². The van der Waals surface area contributed by atoms with Gasteiger partial charge in [0.15, 0.2) is 0 Å². The van der Waals surface area contributed by atoms with Crippen LogP contribution in [0.15, 0.2) is 18.2 Å². The highest BCUT2D eigenvalue weighted by molar-refractivity contribution is 5.97. The molecular weight excluding hydrogens is 332 g/mol. The van der Waals surface area contributed by atoms with Crippen molar-refractivity contribution in [2.24, 2.45) is 0 Å². The molecule has 0 heterocycles. The van der Waals surface area contributed by atoms with Gasteiger partial charge in [0.25, 0.3) is 5.91 Å². The minimum atomic E-state index is -5.07. The van der Waals surface area contributed by atoms with Gasteiger partial charge in [0, 0.05) is 5.56 Å². The van der Waals surface area contributed by atoms with Crippen molar-refractivity contribution in [1.82, 2.24) is 5.32 Å². The van der Waals surface area contributed by atoms with Gasteiger partial charge in [0.05, 0.1) is 18.2 Å². The lowest BCUT2D eigenvalue weighted by atomic mass is 10.0. The standard InChI is InChI=1S/C13H11F6NO3/c1-6(11(22)23-2)20-10(21)7-3-8(12(14,15)16)5-9(4-7)13(17,18)19/h3-6H,1-2H3,(H,20,21)/t6-/m0/s1. The monoisotopic (exact) mass is 343 g/mol. The van der Waals surface area contributed by atoms with E-state index in [0.29, 0.717) is 0 Å². The Labute approximate surface area is 126 Å². The molecule has 0 aliphatic carbocycles. The molecule has 0 fully saturated rings. The van der Waals surface area contributed by atoms with Crippen LogP contribution in [-0.4, -0.2) is 25.0 Å². The predicted octanol–water partition coefficient (Wildman–Crippen LogP) is 3.02. The Kier molecular flexibility index (Phi) is 5.28. The molecule has 0 saturated carbocycles. The molecule has 1 aromatic rings. The highest BCUT2D eigenvalue weighted by Gasteiger charge is 2.37. The van der Waals surface area contributed by atoms with E-state index in [9.17, 15) is 35.9 Å². The Bertz CT molecular complexity index is 576. The number of carbonyl (C=O) groups is 2. The summed E-state index contributed by atoms with van der Waals surface area (Å²) >= 11 is 0. The summed E-state index contributed by atoms with van der Waals surface area (Å²) in [7, 11) is 1.01. The fourth-order valence-corrected chi connectivity index (χ4v) is 1.60. The molecule has 1 N–H and O–H groups in total. The van der Waals surface area contributed by atoms with Crippen LogP contribution in [0.2, 0.25) is 0 Å². The van der Waals surface area contributed by atoms with E-state index in [0.717, 1.165) is 7.11 Å². The molecule has 0 aromatic heterocycles. The summed E-state index contributed by atoms with van der Waals surface area (Å²) in [6.07, 6.45) is -10.1. The molecule has 1 amide bonds. The number of carbonyl (C=O) groups excluding carboxylic acids is 2. The number of alkyl halides is 6. The van der Waals surface area contributed by atoms with Crippen molar-refractivity contribution in [3.05, 3.63) is 34.9 Å². The third kappa shape index (κ3) is 4.86. The molecule has 0 spiro atoms. The molecule has 0 aliphatic rings. The molecule has 0 radical (unpaired) electrons. The first-order chi connectivity index (χ1) is 10.4. The Morgan fingerprint density at radius 3 is 1.78 bits per heavy atom. The van der Waals surface area contributed by atoms with E-state index in [-0.39, 0.29) is 18.2 Å². The first kappa shape index (κ1) is 18.8. The van der Waals surface area contributed by atoms with Crippen molar-refractivity contribution in [2.45, 2.75) is 25.3 Å². The van der Waals surface area contributed by atoms with Crippen LogP contribution in [0.1, 0.15) is 28.4 Å². The average Bonchev–Trinajstić information content (AvgIpc) is 2.43. The van der Waals surface area contributed by atoms with Crippen LogP contribution in [0.4, 0.5) is 26.3 Å². The number of amides is 1. The smallest absolute Gasteiger partial charge is 0.416 e. The van der Waals surface area contributed by atoms with E-state index < -0.39 is 47.0 Å². The normalized spacial score (nSPS) is 13.4. The van der Waals surface area contributed by atoms with Gasteiger partial charge < -0.3 is 10.1 Å². The molecule has 0 saturated heterocycles. The number of esters is 1. The fraction of sp³-hybridized carbons (Fsp3) is 0.385. The Hall–Kier alpha value is -2.26. The lowest BCUT2D eigenvalue weighted by Crippen LogP contribution is -2.39. The van der Waals surface area contributed by atoms with Crippen molar-refractivity contribution in [1.29, 1.82) is 0 Å². The predicted molar refractivity (Wildman–Crippen MR) is 65.4 cm³/mol. The second-order valence-corrected chi connectivity index (χ2v) is 4.51. The van der Waals surface area contributed by atoms with Gasteiger partial charge >= 0.3 is 18.3 Å². The van der Waals surface area contributed by atoms with Gasteiger partial charge in [-0.3, -0.25) is 4.79 Å². The van der Waals surface area contributed by atoms with Crippen LogP contribution in [0, 0.1) is 0 Å². The van der Waals surface area contributed by atoms with E-state index in [1.54, 1.807) is 0 Å². The first-order valence-electron chi connectivity index (χ1n) is 6.04. The van der Waals surface area contributed by atoms with E-state index >= 15 is 0 Å². The Morgan fingerprint density at radius 1 is 1.00 bits per heavy atom. The first-order valence-corrected chi connectivity index (χ1v) is 6.04. The Balaban J connectivity index is 3.25. The quantitative estimate of drug-likeness (QED) is 0.678. The molecule has 0 bridgehead atoms. The van der Waals surface area contributed by atoms with Crippen LogP contribution >= 0.6 is 0 Å². The van der Waals surface area contributed by atoms with Gasteiger partial charge in [-0.25, -0.2) is 4.79 Å². The third-order valence-corrected chi connectivity index (χ3v) is 2.75. The highest BCUT2D eigenvalue weighted by Crippen LogP contribution is 2.36. The van der Waals surface area contributed by atoms with E-state index in [1.807, 2.05) is 5.32 Å². The van der Waals surface area contributed by atoms with Crippen molar-refractivity contribution in [2.75, 3.05) is 7.11 Å². The fourth-order valence-electron chi connectivity index (χ4n) is 1.60. The molecular formula is C13H11F6NO3. The molecule has 23 heavy (non-hydrogen) atoms. The number of ether oxygens (including phenoxy) is 1. The minimum absolute atomic E-state index is 0.0967. The number of hydrogen-bond acceptors (Lipinski definition) is 3. The van der Waals surface area contributed by atoms with Gasteiger partial charge in [0.1, 0.15) is 6.04 Å². The molecule has 1 aromatic carbocycles. The Morgan fingerprint density at radius 2 is 1.43 bits per heavy atom. The molecule has 10 heteroatoms. The third-order valence-electron chi connectivity index (χ3n) is 2.75. The number of rotatable bonds is 3. The van der Waals surface area contributed by atoms with E-state index in [2.05, 4.69) is 4.74 Å². The summed E-state index contributed by atoms with van der Waals surface area (Å²) in [5.41, 5.74) is -4.12. The van der Waals surface area contributed by atoms with E-state index in [4.69, 9.17) is 0 Å². The van der Waals surface area contributed by atoms with Crippen LogP contribution in [-0.2, 0) is 21.9 Å². The minimum Gasteiger partial charge on any atom is -0.467 e.